The van der Waals surface area contributed by atoms with Crippen molar-refractivity contribution in [3.63, 3.8) is 0 Å². The van der Waals surface area contributed by atoms with Crippen LogP contribution in [0.5, 0.6) is 0 Å². The Morgan fingerprint density at radius 2 is 2.00 bits per heavy atom. The van der Waals surface area contributed by atoms with Crippen molar-refractivity contribution >= 4 is 23.4 Å². The first-order chi connectivity index (χ1) is 10.8. The first-order valence-corrected chi connectivity index (χ1v) is 8.42. The fourth-order valence-electron chi connectivity index (χ4n) is 3.62. The highest BCUT2D eigenvalue weighted by molar-refractivity contribution is 6.29. The Labute approximate surface area is 141 Å². The van der Waals surface area contributed by atoms with Crippen LogP contribution in [0, 0.1) is 11.8 Å². The molecule has 2 fully saturated rings. The van der Waals surface area contributed by atoms with Crippen molar-refractivity contribution in [2.45, 2.75) is 45.3 Å². The summed E-state index contributed by atoms with van der Waals surface area (Å²) in [4.78, 5) is 14.3. The number of hydrogen-bond donors (Lipinski definition) is 1. The minimum absolute atomic E-state index is 0.186. The number of anilines is 1. The number of aromatic nitrogens is 2. The highest BCUT2D eigenvalue weighted by atomic mass is 35.5. The number of hydrogen-bond acceptors (Lipinski definition) is 5. The molecule has 1 amide bonds. The molecule has 1 aliphatic heterocycles. The van der Waals surface area contributed by atoms with Crippen LogP contribution in [-0.2, 0) is 4.74 Å². The number of rotatable bonds is 2. The summed E-state index contributed by atoms with van der Waals surface area (Å²) in [5.41, 5.74) is 0.529. The van der Waals surface area contributed by atoms with E-state index in [4.69, 9.17) is 16.3 Å². The third-order valence-electron chi connectivity index (χ3n) is 4.49. The van der Waals surface area contributed by atoms with Crippen LogP contribution in [0.3, 0.4) is 0 Å². The van der Waals surface area contributed by atoms with Gasteiger partial charge in [-0.15, -0.1) is 5.10 Å². The molecule has 7 heteroatoms. The van der Waals surface area contributed by atoms with Crippen LogP contribution in [0.2, 0.25) is 5.15 Å². The van der Waals surface area contributed by atoms with Crippen molar-refractivity contribution in [3.8, 4) is 0 Å². The van der Waals surface area contributed by atoms with E-state index < -0.39 is 5.60 Å². The number of amides is 1. The highest BCUT2D eigenvalue weighted by Gasteiger charge is 2.43. The predicted octanol–water partition coefficient (Wildman–Crippen LogP) is 2.87. The molecule has 0 radical (unpaired) electrons. The van der Waals surface area contributed by atoms with Gasteiger partial charge in [0.05, 0.1) is 11.9 Å². The number of ether oxygens (including phenoxy) is 1. The molecule has 1 saturated carbocycles. The normalized spacial score (nSPS) is 27.0. The minimum Gasteiger partial charge on any atom is -0.444 e. The summed E-state index contributed by atoms with van der Waals surface area (Å²) >= 11 is 5.94. The van der Waals surface area contributed by atoms with E-state index in [1.165, 1.54) is 0 Å². The van der Waals surface area contributed by atoms with Gasteiger partial charge in [0, 0.05) is 25.2 Å². The zero-order valence-electron chi connectivity index (χ0n) is 13.8. The van der Waals surface area contributed by atoms with E-state index >= 15 is 0 Å². The van der Waals surface area contributed by atoms with E-state index in [2.05, 4.69) is 20.4 Å². The second-order valence-corrected chi connectivity index (χ2v) is 7.80. The van der Waals surface area contributed by atoms with Crippen LogP contribution in [0.4, 0.5) is 10.5 Å². The first-order valence-electron chi connectivity index (χ1n) is 8.04. The summed E-state index contributed by atoms with van der Waals surface area (Å²) in [6, 6.07) is 2.03. The van der Waals surface area contributed by atoms with Crippen molar-refractivity contribution in [1.82, 2.24) is 15.5 Å². The molecule has 0 spiro atoms. The second kappa shape index (κ2) is 6.15. The smallest absolute Gasteiger partial charge is 0.407 e. The molecular formula is C16H23ClN4O2. The van der Waals surface area contributed by atoms with E-state index in [-0.39, 0.29) is 12.1 Å². The number of piperidine rings is 1. The van der Waals surface area contributed by atoms with E-state index in [0.29, 0.717) is 17.0 Å². The Hall–Kier alpha value is -1.56. The van der Waals surface area contributed by atoms with Crippen molar-refractivity contribution < 1.29 is 9.53 Å². The zero-order chi connectivity index (χ0) is 16.6. The van der Waals surface area contributed by atoms with Crippen molar-refractivity contribution in [2.24, 2.45) is 11.8 Å². The topological polar surface area (TPSA) is 67.3 Å². The monoisotopic (exact) mass is 338 g/mol. The Bertz CT molecular complexity index is 576. The molecule has 23 heavy (non-hydrogen) atoms. The van der Waals surface area contributed by atoms with Gasteiger partial charge < -0.3 is 15.0 Å². The van der Waals surface area contributed by atoms with Gasteiger partial charge in [-0.25, -0.2) is 4.79 Å². The van der Waals surface area contributed by atoms with Crippen molar-refractivity contribution in [2.75, 3.05) is 18.0 Å². The summed E-state index contributed by atoms with van der Waals surface area (Å²) in [5.74, 6) is 0.849. The van der Waals surface area contributed by atoms with Gasteiger partial charge in [-0.1, -0.05) is 11.6 Å². The van der Waals surface area contributed by atoms with Crippen LogP contribution < -0.4 is 10.2 Å². The zero-order valence-corrected chi connectivity index (χ0v) is 14.5. The van der Waals surface area contributed by atoms with Gasteiger partial charge in [-0.3, -0.25) is 0 Å². The molecule has 1 unspecified atom stereocenters. The van der Waals surface area contributed by atoms with Gasteiger partial charge in [0.1, 0.15) is 5.60 Å². The quantitative estimate of drug-likeness (QED) is 0.898. The van der Waals surface area contributed by atoms with Gasteiger partial charge in [0.25, 0.3) is 0 Å². The van der Waals surface area contributed by atoms with Crippen LogP contribution in [0.25, 0.3) is 0 Å². The fourth-order valence-corrected chi connectivity index (χ4v) is 3.77. The van der Waals surface area contributed by atoms with Gasteiger partial charge >= 0.3 is 6.09 Å². The molecule has 2 bridgehead atoms. The Morgan fingerprint density at radius 1 is 1.35 bits per heavy atom. The SMILES string of the molecule is CC(C)(C)OC(=O)NC1[C@@H]2CC[C@H]1CN(c1cnnc(Cl)c1)C2. The first kappa shape index (κ1) is 16.3. The molecule has 1 N–H and O–H groups in total. The molecular weight excluding hydrogens is 316 g/mol. The lowest BCUT2D eigenvalue weighted by atomic mass is 9.92. The summed E-state index contributed by atoms with van der Waals surface area (Å²) < 4.78 is 5.39. The highest BCUT2D eigenvalue weighted by Crippen LogP contribution is 2.38. The minimum atomic E-state index is -0.469. The number of nitrogens with one attached hydrogen (secondary N) is 1. The summed E-state index contributed by atoms with van der Waals surface area (Å²) in [6.45, 7) is 7.41. The molecule has 126 valence electrons. The average molecular weight is 339 g/mol. The molecule has 1 aromatic rings. The van der Waals surface area contributed by atoms with Crippen molar-refractivity contribution in [1.29, 1.82) is 0 Å². The number of halogens is 1. The molecule has 3 rings (SSSR count). The van der Waals surface area contributed by atoms with Gasteiger partial charge in [0.15, 0.2) is 5.15 Å². The molecule has 0 aromatic carbocycles. The third kappa shape index (κ3) is 3.86. The summed E-state index contributed by atoms with van der Waals surface area (Å²) in [5, 5.41) is 11.2. The maximum atomic E-state index is 12.1. The van der Waals surface area contributed by atoms with Crippen LogP contribution in [0.1, 0.15) is 33.6 Å². The lowest BCUT2D eigenvalue weighted by molar-refractivity contribution is 0.0472. The van der Waals surface area contributed by atoms with E-state index in [1.807, 2.05) is 26.8 Å². The van der Waals surface area contributed by atoms with E-state index in [1.54, 1.807) is 6.20 Å². The van der Waals surface area contributed by atoms with E-state index in [0.717, 1.165) is 31.6 Å². The standard InChI is InChI=1S/C16H23ClN4O2/c1-16(2,3)23-15(22)19-14-10-4-5-11(14)9-21(8-10)12-6-13(17)20-18-7-12/h6-7,10-11,14H,4-5,8-9H2,1-3H3,(H,19,22)/t10-,11+,14?. The Balaban J connectivity index is 1.64. The van der Waals surface area contributed by atoms with Crippen LogP contribution >= 0.6 is 11.6 Å². The number of carbonyl (C=O) groups is 1. The molecule has 2 aliphatic rings. The Kier molecular flexibility index (Phi) is 4.36. The Morgan fingerprint density at radius 3 is 2.57 bits per heavy atom. The number of carbonyl (C=O) groups excluding carboxylic acids is 1. The van der Waals surface area contributed by atoms with Crippen LogP contribution in [-0.4, -0.2) is 41.0 Å². The molecule has 2 heterocycles. The second-order valence-electron chi connectivity index (χ2n) is 7.41. The number of fused-ring (bicyclic) bond motifs is 2. The van der Waals surface area contributed by atoms with Gasteiger partial charge in [0.2, 0.25) is 0 Å². The molecule has 1 aliphatic carbocycles. The average Bonchev–Trinajstić information content (AvgIpc) is 2.68. The molecule has 1 saturated heterocycles. The van der Waals surface area contributed by atoms with Crippen LogP contribution in [0.15, 0.2) is 12.3 Å². The third-order valence-corrected chi connectivity index (χ3v) is 4.68. The van der Waals surface area contributed by atoms with Gasteiger partial charge in [-0.2, -0.15) is 5.10 Å². The molecule has 6 nitrogen and oxygen atoms in total. The summed E-state index contributed by atoms with van der Waals surface area (Å²) in [7, 11) is 0. The summed E-state index contributed by atoms with van der Waals surface area (Å²) in [6.07, 6.45) is 3.66. The number of nitrogens with zero attached hydrogens (tertiary/aromatic N) is 3. The lowest BCUT2D eigenvalue weighted by Crippen LogP contribution is -2.53. The largest absolute Gasteiger partial charge is 0.444 e. The molecule has 1 aromatic heterocycles. The van der Waals surface area contributed by atoms with Crippen molar-refractivity contribution in [3.05, 3.63) is 17.4 Å². The van der Waals surface area contributed by atoms with Gasteiger partial charge in [-0.05, 0) is 45.4 Å². The van der Waals surface area contributed by atoms with E-state index in [9.17, 15) is 4.79 Å². The lowest BCUT2D eigenvalue weighted by Gasteiger charge is -2.39. The fraction of sp³-hybridized carbons (Fsp3) is 0.688. The predicted molar refractivity (Wildman–Crippen MR) is 88.6 cm³/mol. The maximum absolute atomic E-state index is 12.1. The molecule has 3 atom stereocenters. The number of alkyl carbamates (subject to hydrolysis) is 1. The maximum Gasteiger partial charge on any atom is 0.407 e.